The van der Waals surface area contributed by atoms with E-state index in [1.807, 2.05) is 6.20 Å². The Hall–Kier alpha value is -3.22. The molecule has 202 valence electrons. The van der Waals surface area contributed by atoms with Gasteiger partial charge in [0.25, 0.3) is 0 Å². The summed E-state index contributed by atoms with van der Waals surface area (Å²) in [5.41, 5.74) is 6.57. The van der Waals surface area contributed by atoms with Gasteiger partial charge in [-0.1, -0.05) is 61.8 Å². The Bertz CT molecular complexity index is 1500. The van der Waals surface area contributed by atoms with Gasteiger partial charge in [-0.3, -0.25) is 5.32 Å². The van der Waals surface area contributed by atoms with E-state index in [4.69, 9.17) is 9.72 Å². The third-order valence-electron chi connectivity index (χ3n) is 7.61. The molecule has 1 unspecified atom stereocenters. The van der Waals surface area contributed by atoms with Crippen molar-refractivity contribution in [3.8, 4) is 34.2 Å². The number of imidazole rings is 2. The molecular weight excluding hydrogens is 500 g/mol. The predicted molar refractivity (Wildman–Crippen MR) is 160 cm³/mol. The zero-order valence-electron chi connectivity index (χ0n) is 23.2. The second-order valence-electron chi connectivity index (χ2n) is 11.8. The summed E-state index contributed by atoms with van der Waals surface area (Å²) in [4.78, 5) is 13.1. The van der Waals surface area contributed by atoms with E-state index < -0.39 is 8.07 Å². The number of aromatic amines is 1. The van der Waals surface area contributed by atoms with Crippen LogP contribution in [0.25, 0.3) is 33.4 Å². The van der Waals surface area contributed by atoms with Crippen molar-refractivity contribution in [2.24, 2.45) is 0 Å². The van der Waals surface area contributed by atoms with Crippen LogP contribution in [0.2, 0.25) is 25.7 Å². The number of H-pyrrole nitrogens is 1. The summed E-state index contributed by atoms with van der Waals surface area (Å²) < 4.78 is 8.42. The Morgan fingerprint density at radius 1 is 1.03 bits per heavy atom. The van der Waals surface area contributed by atoms with Crippen molar-refractivity contribution in [3.63, 3.8) is 0 Å². The molecule has 2 aliphatic heterocycles. The largest absolute Gasteiger partial charge is 0.361 e. The van der Waals surface area contributed by atoms with Crippen LogP contribution in [0.5, 0.6) is 0 Å². The van der Waals surface area contributed by atoms with Gasteiger partial charge < -0.3 is 19.6 Å². The monoisotopic (exact) mass is 538 g/mol. The molecular formula is C31H38N6OSi. The third kappa shape index (κ3) is 5.87. The number of ether oxygens (including phenoxy) is 1. The van der Waals surface area contributed by atoms with Crippen molar-refractivity contribution < 1.29 is 4.74 Å². The highest BCUT2D eigenvalue weighted by Crippen LogP contribution is 2.30. The van der Waals surface area contributed by atoms with Crippen LogP contribution in [-0.4, -0.2) is 47.3 Å². The molecule has 7 nitrogen and oxygen atoms in total. The normalized spacial score (nSPS) is 19.4. The minimum absolute atomic E-state index is 0.0757. The molecule has 2 aromatic carbocycles. The molecule has 2 aliphatic rings. The minimum atomic E-state index is -1.16. The summed E-state index contributed by atoms with van der Waals surface area (Å²) in [6, 6.07) is 16.6. The maximum atomic E-state index is 6.21. The van der Waals surface area contributed by atoms with Gasteiger partial charge in [0, 0.05) is 27.6 Å². The van der Waals surface area contributed by atoms with Gasteiger partial charge in [-0.05, 0) is 54.3 Å². The first-order valence-electron chi connectivity index (χ1n) is 14.1. The number of hydrogen-bond acceptors (Lipinski definition) is 5. The predicted octanol–water partition coefficient (Wildman–Crippen LogP) is 5.87. The molecule has 3 N–H and O–H groups in total. The number of aromatic nitrogens is 4. The van der Waals surface area contributed by atoms with Crippen LogP contribution in [0.15, 0.2) is 48.7 Å². The molecule has 39 heavy (non-hydrogen) atoms. The summed E-state index contributed by atoms with van der Waals surface area (Å²) in [6.07, 6.45) is 5.16. The van der Waals surface area contributed by atoms with Gasteiger partial charge in [0.1, 0.15) is 24.4 Å². The van der Waals surface area contributed by atoms with E-state index in [2.05, 4.69) is 99.1 Å². The molecule has 1 fully saturated rings. The van der Waals surface area contributed by atoms with Crippen molar-refractivity contribution in [2.45, 2.75) is 63.8 Å². The van der Waals surface area contributed by atoms with Gasteiger partial charge in [-0.15, -0.1) is 0 Å². The van der Waals surface area contributed by atoms with Crippen molar-refractivity contribution in [3.05, 3.63) is 60.3 Å². The van der Waals surface area contributed by atoms with E-state index in [1.54, 1.807) is 0 Å². The lowest BCUT2D eigenvalue weighted by Gasteiger charge is -2.19. The second kappa shape index (κ2) is 11.1. The molecule has 1 saturated heterocycles. The van der Waals surface area contributed by atoms with E-state index in [1.165, 1.54) is 12.0 Å². The van der Waals surface area contributed by atoms with Crippen LogP contribution in [0.4, 0.5) is 0 Å². The first kappa shape index (κ1) is 26.0. The van der Waals surface area contributed by atoms with E-state index in [-0.39, 0.29) is 6.04 Å². The lowest BCUT2D eigenvalue weighted by atomic mass is 10.0. The maximum Gasteiger partial charge on any atom is 0.141 e. The van der Waals surface area contributed by atoms with Gasteiger partial charge in [0.15, 0.2) is 0 Å². The van der Waals surface area contributed by atoms with E-state index in [0.29, 0.717) is 12.8 Å². The number of nitrogens with one attached hydrogen (secondary N) is 3. The van der Waals surface area contributed by atoms with Gasteiger partial charge in [-0.2, -0.15) is 0 Å². The third-order valence-corrected chi connectivity index (χ3v) is 9.32. The van der Waals surface area contributed by atoms with Crippen LogP contribution in [0.1, 0.15) is 43.0 Å². The Kier molecular flexibility index (Phi) is 7.41. The lowest BCUT2D eigenvalue weighted by Crippen LogP contribution is -2.27. The van der Waals surface area contributed by atoms with Crippen LogP contribution in [0.3, 0.4) is 0 Å². The quantitative estimate of drug-likeness (QED) is 0.141. The molecule has 0 saturated carbocycles. The molecule has 4 aromatic rings. The molecule has 8 heteroatoms. The van der Waals surface area contributed by atoms with Crippen molar-refractivity contribution in [1.82, 2.24) is 30.2 Å². The van der Waals surface area contributed by atoms with Crippen LogP contribution in [-0.2, 0) is 11.5 Å². The molecule has 2 aromatic heterocycles. The minimum Gasteiger partial charge on any atom is -0.361 e. The van der Waals surface area contributed by atoms with Crippen molar-refractivity contribution in [2.75, 3.05) is 19.7 Å². The SMILES string of the molecule is C[Si](C)(C)CCOCn1c([C@@H]2C#CCCN2)nc2ccc(-c3ccc(-c4cnc(C5CCCN5)[nH]4)cc3)cc21. The molecule has 0 aliphatic carbocycles. The highest BCUT2D eigenvalue weighted by atomic mass is 28.3. The van der Waals surface area contributed by atoms with Crippen molar-refractivity contribution >= 4 is 19.1 Å². The first-order chi connectivity index (χ1) is 18.9. The molecule has 0 amide bonds. The maximum absolute atomic E-state index is 6.21. The van der Waals surface area contributed by atoms with E-state index in [0.717, 1.165) is 78.1 Å². The number of benzene rings is 2. The zero-order valence-corrected chi connectivity index (χ0v) is 24.2. The highest BCUT2D eigenvalue weighted by molar-refractivity contribution is 6.76. The van der Waals surface area contributed by atoms with Crippen LogP contribution < -0.4 is 10.6 Å². The molecule has 0 bridgehead atoms. The Morgan fingerprint density at radius 3 is 2.59 bits per heavy atom. The summed E-state index contributed by atoms with van der Waals surface area (Å²) in [6.45, 7) is 10.3. The van der Waals surface area contributed by atoms with Gasteiger partial charge in [0.2, 0.25) is 0 Å². The smallest absolute Gasteiger partial charge is 0.141 e. The Labute approximate surface area is 231 Å². The van der Waals surface area contributed by atoms with E-state index >= 15 is 0 Å². The average Bonchev–Trinajstić information content (AvgIpc) is 3.71. The molecule has 2 atom stereocenters. The number of nitrogens with zero attached hydrogens (tertiary/aromatic N) is 3. The average molecular weight is 539 g/mol. The Morgan fingerprint density at radius 2 is 1.85 bits per heavy atom. The molecule has 4 heterocycles. The highest BCUT2D eigenvalue weighted by Gasteiger charge is 2.21. The van der Waals surface area contributed by atoms with Crippen LogP contribution in [0, 0.1) is 11.8 Å². The van der Waals surface area contributed by atoms with Gasteiger partial charge >= 0.3 is 0 Å². The number of hydrogen-bond donors (Lipinski definition) is 3. The summed E-state index contributed by atoms with van der Waals surface area (Å²) >= 11 is 0. The summed E-state index contributed by atoms with van der Waals surface area (Å²) in [5.74, 6) is 8.55. The molecule has 0 spiro atoms. The number of rotatable bonds is 9. The summed E-state index contributed by atoms with van der Waals surface area (Å²) in [7, 11) is -1.16. The van der Waals surface area contributed by atoms with E-state index in [9.17, 15) is 0 Å². The fraction of sp³-hybridized carbons (Fsp3) is 0.419. The lowest BCUT2D eigenvalue weighted by molar-refractivity contribution is 0.0872. The fourth-order valence-corrected chi connectivity index (χ4v) is 6.05. The van der Waals surface area contributed by atoms with Gasteiger partial charge in [-0.25, -0.2) is 9.97 Å². The van der Waals surface area contributed by atoms with Crippen LogP contribution >= 0.6 is 0 Å². The second-order valence-corrected chi connectivity index (χ2v) is 17.4. The first-order valence-corrected chi connectivity index (χ1v) is 17.8. The van der Waals surface area contributed by atoms with Gasteiger partial charge in [0.05, 0.1) is 29.0 Å². The molecule has 0 radical (unpaired) electrons. The zero-order chi connectivity index (χ0) is 26.8. The topological polar surface area (TPSA) is 79.8 Å². The number of fused-ring (bicyclic) bond motifs is 1. The fourth-order valence-electron chi connectivity index (χ4n) is 5.29. The standard InChI is InChI=1S/C31H38N6OSi/c1-39(2,3)18-17-38-21-37-29-19-24(13-14-25(29)36-31(37)27-7-4-5-15-33-27)22-9-11-23(12-10-22)28-20-34-30(35-28)26-8-6-16-32-26/h9-14,19-20,26-27,32-33H,5-6,8,15-18,21H2,1-3H3,(H,34,35)/t26?,27-/m0/s1. The summed E-state index contributed by atoms with van der Waals surface area (Å²) in [5, 5.41) is 7.03. The van der Waals surface area contributed by atoms with Crippen molar-refractivity contribution in [1.29, 1.82) is 0 Å². The molecule has 6 rings (SSSR count). The Balaban J connectivity index is 1.27.